The fraction of sp³-hybridized carbons (Fsp3) is 0.167. The van der Waals surface area contributed by atoms with Crippen LogP contribution in [-0.4, -0.2) is 28.7 Å². The van der Waals surface area contributed by atoms with Crippen LogP contribution < -0.4 is 0 Å². The standard InChI is InChI=1S/C18H13F3N2O2/c19-18(20,21)13-8-6-12(7-9-13)15-17(25)23-16(24)14(22-15)10-11-4-2-1-3-5-11/h1-9,14H,10H2,(H,23,24,25). The van der Waals surface area contributed by atoms with Gasteiger partial charge in [0.25, 0.3) is 5.91 Å². The van der Waals surface area contributed by atoms with Gasteiger partial charge in [-0.2, -0.15) is 18.2 Å². The number of rotatable bonds is 3. The van der Waals surface area contributed by atoms with Gasteiger partial charge in [0.1, 0.15) is 11.8 Å². The molecule has 0 aliphatic carbocycles. The Morgan fingerprint density at radius 1 is 1.00 bits per heavy atom. The largest absolute Gasteiger partial charge is 0.492 e. The number of amides is 1. The Bertz CT molecular complexity index is 841. The molecule has 1 amide bonds. The van der Waals surface area contributed by atoms with Crippen LogP contribution in [0.15, 0.2) is 64.6 Å². The van der Waals surface area contributed by atoms with E-state index in [0.29, 0.717) is 6.42 Å². The maximum atomic E-state index is 12.6. The van der Waals surface area contributed by atoms with Gasteiger partial charge in [0.15, 0.2) is 0 Å². The molecule has 2 aromatic carbocycles. The van der Waals surface area contributed by atoms with Crippen molar-refractivity contribution in [2.24, 2.45) is 9.98 Å². The zero-order valence-electron chi connectivity index (χ0n) is 12.9. The van der Waals surface area contributed by atoms with Crippen molar-refractivity contribution in [2.45, 2.75) is 18.6 Å². The molecule has 0 bridgehead atoms. The van der Waals surface area contributed by atoms with Gasteiger partial charge in [-0.15, -0.1) is 0 Å². The third-order valence-electron chi connectivity index (χ3n) is 3.76. The summed E-state index contributed by atoms with van der Waals surface area (Å²) in [6, 6.07) is 12.5. The summed E-state index contributed by atoms with van der Waals surface area (Å²) >= 11 is 0. The second kappa shape index (κ2) is 6.51. The Morgan fingerprint density at radius 2 is 1.64 bits per heavy atom. The van der Waals surface area contributed by atoms with Crippen LogP contribution >= 0.6 is 0 Å². The van der Waals surface area contributed by atoms with Crippen LogP contribution in [0.5, 0.6) is 0 Å². The highest BCUT2D eigenvalue weighted by Crippen LogP contribution is 2.29. The lowest BCUT2D eigenvalue weighted by Gasteiger charge is -2.17. The minimum absolute atomic E-state index is 0.00857. The van der Waals surface area contributed by atoms with E-state index in [0.717, 1.165) is 17.7 Å². The van der Waals surface area contributed by atoms with Crippen molar-refractivity contribution < 1.29 is 23.1 Å². The first-order valence-corrected chi connectivity index (χ1v) is 7.46. The molecule has 1 unspecified atom stereocenters. The van der Waals surface area contributed by atoms with E-state index in [2.05, 4.69) is 9.98 Å². The van der Waals surface area contributed by atoms with Crippen LogP contribution in [0.2, 0.25) is 0 Å². The summed E-state index contributed by atoms with van der Waals surface area (Å²) in [7, 11) is 0. The minimum Gasteiger partial charge on any atom is -0.492 e. The van der Waals surface area contributed by atoms with Crippen LogP contribution in [0.3, 0.4) is 0 Å². The minimum atomic E-state index is -4.45. The van der Waals surface area contributed by atoms with Crippen molar-refractivity contribution in [3.63, 3.8) is 0 Å². The Labute approximate surface area is 141 Å². The average Bonchev–Trinajstić information content (AvgIpc) is 2.58. The second-order valence-electron chi connectivity index (χ2n) is 5.53. The maximum absolute atomic E-state index is 12.6. The molecular formula is C18H13F3N2O2. The summed E-state index contributed by atoms with van der Waals surface area (Å²) in [6.07, 6.45) is -4.16. The number of hydrogen-bond donors (Lipinski definition) is 1. The molecule has 128 valence electrons. The molecule has 0 spiro atoms. The van der Waals surface area contributed by atoms with Gasteiger partial charge >= 0.3 is 6.18 Å². The lowest BCUT2D eigenvalue weighted by Crippen LogP contribution is -2.31. The number of aliphatic imine (C=N–C) groups is 2. The maximum Gasteiger partial charge on any atom is 0.416 e. The van der Waals surface area contributed by atoms with E-state index >= 15 is 0 Å². The van der Waals surface area contributed by atoms with E-state index in [1.807, 2.05) is 30.3 Å². The fourth-order valence-corrected chi connectivity index (χ4v) is 2.49. The quantitative estimate of drug-likeness (QED) is 0.923. The first kappa shape index (κ1) is 16.9. The molecule has 1 aliphatic rings. The molecule has 1 atom stereocenters. The van der Waals surface area contributed by atoms with Gasteiger partial charge in [-0.3, -0.25) is 9.79 Å². The van der Waals surface area contributed by atoms with Gasteiger partial charge < -0.3 is 5.11 Å². The number of benzene rings is 2. The van der Waals surface area contributed by atoms with Gasteiger partial charge in [-0.1, -0.05) is 42.5 Å². The molecule has 0 fully saturated rings. The number of halogens is 3. The molecule has 0 radical (unpaired) electrons. The Morgan fingerprint density at radius 3 is 2.24 bits per heavy atom. The monoisotopic (exact) mass is 346 g/mol. The molecule has 0 aromatic heterocycles. The number of carbonyl (C=O) groups is 1. The van der Waals surface area contributed by atoms with Crippen LogP contribution in [-0.2, 0) is 17.4 Å². The molecule has 7 heteroatoms. The van der Waals surface area contributed by atoms with E-state index in [1.165, 1.54) is 12.1 Å². The fourth-order valence-electron chi connectivity index (χ4n) is 2.49. The molecule has 0 saturated carbocycles. The summed E-state index contributed by atoms with van der Waals surface area (Å²) in [6.45, 7) is 0. The SMILES string of the molecule is O=C1N=C(O)C(c2ccc(C(F)(F)F)cc2)=NC1Cc1ccccc1. The number of hydrogen-bond acceptors (Lipinski definition) is 2. The third kappa shape index (κ3) is 3.76. The number of aliphatic hydroxyl groups excluding tert-OH is 1. The first-order chi connectivity index (χ1) is 11.8. The van der Waals surface area contributed by atoms with E-state index < -0.39 is 29.6 Å². The Hall–Kier alpha value is -2.96. The Balaban J connectivity index is 1.89. The number of aliphatic hydroxyl groups is 1. The molecule has 1 N–H and O–H groups in total. The van der Waals surface area contributed by atoms with Gasteiger partial charge in [-0.25, -0.2) is 0 Å². The highest BCUT2D eigenvalue weighted by Gasteiger charge is 2.31. The third-order valence-corrected chi connectivity index (χ3v) is 3.76. The molecule has 3 rings (SSSR count). The highest BCUT2D eigenvalue weighted by molar-refractivity contribution is 6.47. The van der Waals surface area contributed by atoms with Crippen molar-refractivity contribution in [2.75, 3.05) is 0 Å². The molecule has 2 aromatic rings. The number of carbonyl (C=O) groups excluding carboxylic acids is 1. The van der Waals surface area contributed by atoms with Crippen LogP contribution in [0.1, 0.15) is 16.7 Å². The lowest BCUT2D eigenvalue weighted by molar-refractivity contribution is -0.137. The van der Waals surface area contributed by atoms with Gasteiger partial charge in [-0.05, 0) is 17.7 Å². The second-order valence-corrected chi connectivity index (χ2v) is 5.53. The van der Waals surface area contributed by atoms with Gasteiger partial charge in [0, 0.05) is 12.0 Å². The topological polar surface area (TPSA) is 62.0 Å². The van der Waals surface area contributed by atoms with Crippen molar-refractivity contribution in [3.8, 4) is 0 Å². The summed E-state index contributed by atoms with van der Waals surface area (Å²) in [4.78, 5) is 19.7. The molecule has 1 aliphatic heterocycles. The highest BCUT2D eigenvalue weighted by atomic mass is 19.4. The van der Waals surface area contributed by atoms with Gasteiger partial charge in [0.2, 0.25) is 5.90 Å². The zero-order chi connectivity index (χ0) is 18.0. The predicted molar refractivity (Wildman–Crippen MR) is 87.0 cm³/mol. The number of nitrogens with zero attached hydrogens (tertiary/aromatic N) is 2. The Kier molecular flexibility index (Phi) is 4.39. The predicted octanol–water partition coefficient (Wildman–Crippen LogP) is 3.60. The summed E-state index contributed by atoms with van der Waals surface area (Å²) in [5, 5.41) is 9.88. The molecule has 1 heterocycles. The molecule has 4 nitrogen and oxygen atoms in total. The number of alkyl halides is 3. The molecule has 0 saturated heterocycles. The molecule has 25 heavy (non-hydrogen) atoms. The normalized spacial score (nSPS) is 17.9. The van der Waals surface area contributed by atoms with Crippen LogP contribution in [0.4, 0.5) is 13.2 Å². The van der Waals surface area contributed by atoms with Crippen molar-refractivity contribution in [3.05, 3.63) is 71.3 Å². The summed E-state index contributed by atoms with van der Waals surface area (Å²) in [5.41, 5.74) is 0.336. The summed E-state index contributed by atoms with van der Waals surface area (Å²) in [5.74, 6) is -1.17. The van der Waals surface area contributed by atoms with E-state index in [9.17, 15) is 23.1 Å². The van der Waals surface area contributed by atoms with Crippen molar-refractivity contribution in [1.29, 1.82) is 0 Å². The lowest BCUT2D eigenvalue weighted by atomic mass is 10.0. The van der Waals surface area contributed by atoms with E-state index in [1.54, 1.807) is 0 Å². The van der Waals surface area contributed by atoms with Crippen molar-refractivity contribution in [1.82, 2.24) is 0 Å². The smallest absolute Gasteiger partial charge is 0.416 e. The average molecular weight is 346 g/mol. The van der Waals surface area contributed by atoms with E-state index in [-0.39, 0.29) is 11.3 Å². The van der Waals surface area contributed by atoms with Crippen LogP contribution in [0, 0.1) is 0 Å². The molecular weight excluding hydrogens is 333 g/mol. The van der Waals surface area contributed by atoms with Gasteiger partial charge in [0.05, 0.1) is 5.56 Å². The van der Waals surface area contributed by atoms with Crippen molar-refractivity contribution >= 4 is 17.5 Å². The van der Waals surface area contributed by atoms with E-state index in [4.69, 9.17) is 0 Å². The van der Waals surface area contributed by atoms with Crippen LogP contribution in [0.25, 0.3) is 0 Å². The summed E-state index contributed by atoms with van der Waals surface area (Å²) < 4.78 is 37.9. The zero-order valence-corrected chi connectivity index (χ0v) is 12.9. The first-order valence-electron chi connectivity index (χ1n) is 7.46.